The summed E-state index contributed by atoms with van der Waals surface area (Å²) in [6, 6.07) is 1.76. The first-order valence-corrected chi connectivity index (χ1v) is 5.88. The number of nitrogens with zero attached hydrogens (tertiary/aromatic N) is 3. The van der Waals surface area contributed by atoms with Gasteiger partial charge in [-0.05, 0) is 18.6 Å². The van der Waals surface area contributed by atoms with E-state index in [0.29, 0.717) is 24.7 Å². The van der Waals surface area contributed by atoms with Gasteiger partial charge >= 0.3 is 0 Å². The second-order valence-corrected chi connectivity index (χ2v) is 4.19. The van der Waals surface area contributed by atoms with Gasteiger partial charge in [0.2, 0.25) is 0 Å². The Balaban J connectivity index is 2.74. The molecule has 0 aromatic carbocycles. The number of carbonyl (C=O) groups excluding carboxylic acids is 1. The van der Waals surface area contributed by atoms with E-state index in [1.54, 1.807) is 39.1 Å². The van der Waals surface area contributed by atoms with Gasteiger partial charge in [0, 0.05) is 21.2 Å². The van der Waals surface area contributed by atoms with E-state index in [1.165, 1.54) is 12.5 Å². The number of aryl methyl sites for hydroxylation is 1. The molecule has 0 aliphatic heterocycles. The highest BCUT2D eigenvalue weighted by molar-refractivity contribution is 5.98. The number of aliphatic imine (C=N–C) groups is 1. The standard InChI is InChI=1S/C13H19N3O3/c1-10-7-11(19-6-5-18-4)8-14-12(10)13(17)15-9-16(2)3/h7-9H,5-6H2,1-4H3. The van der Waals surface area contributed by atoms with Crippen molar-refractivity contribution in [2.75, 3.05) is 34.4 Å². The summed E-state index contributed by atoms with van der Waals surface area (Å²) in [7, 11) is 5.20. The number of carbonyl (C=O) groups is 1. The number of rotatable bonds is 6. The predicted molar refractivity (Wildman–Crippen MR) is 72.9 cm³/mol. The van der Waals surface area contributed by atoms with E-state index in [9.17, 15) is 4.79 Å². The van der Waals surface area contributed by atoms with E-state index in [1.807, 2.05) is 0 Å². The van der Waals surface area contributed by atoms with Gasteiger partial charge in [-0.15, -0.1) is 0 Å². The number of methoxy groups -OCH3 is 1. The molecule has 1 heterocycles. The molecule has 0 aliphatic rings. The van der Waals surface area contributed by atoms with Crippen molar-refractivity contribution in [3.05, 3.63) is 23.5 Å². The molecule has 0 radical (unpaired) electrons. The summed E-state index contributed by atoms with van der Waals surface area (Å²) in [6.07, 6.45) is 2.97. The maximum Gasteiger partial charge on any atom is 0.297 e. The van der Waals surface area contributed by atoms with Crippen molar-refractivity contribution in [1.29, 1.82) is 0 Å². The van der Waals surface area contributed by atoms with E-state index < -0.39 is 0 Å². The molecule has 19 heavy (non-hydrogen) atoms. The molecule has 0 aliphatic carbocycles. The summed E-state index contributed by atoms with van der Waals surface area (Å²) in [5.74, 6) is 0.248. The molecule has 0 spiro atoms. The van der Waals surface area contributed by atoms with Crippen molar-refractivity contribution < 1.29 is 14.3 Å². The average molecular weight is 265 g/mol. The third kappa shape index (κ3) is 5.05. The summed E-state index contributed by atoms with van der Waals surface area (Å²) >= 11 is 0. The molecule has 0 fully saturated rings. The minimum atomic E-state index is -0.366. The van der Waals surface area contributed by atoms with Gasteiger partial charge in [0.25, 0.3) is 5.91 Å². The SMILES string of the molecule is COCCOc1cnc(C(=O)N=CN(C)C)c(C)c1. The molecule has 6 heteroatoms. The molecule has 1 aromatic heterocycles. The van der Waals surface area contributed by atoms with Crippen LogP contribution in [0.4, 0.5) is 0 Å². The van der Waals surface area contributed by atoms with Gasteiger partial charge in [-0.25, -0.2) is 4.98 Å². The van der Waals surface area contributed by atoms with Crippen LogP contribution in [0.15, 0.2) is 17.3 Å². The highest BCUT2D eigenvalue weighted by Gasteiger charge is 2.10. The van der Waals surface area contributed by atoms with Crippen molar-refractivity contribution in [2.45, 2.75) is 6.92 Å². The highest BCUT2D eigenvalue weighted by atomic mass is 16.5. The smallest absolute Gasteiger partial charge is 0.297 e. The molecule has 1 amide bonds. The van der Waals surface area contributed by atoms with E-state index in [-0.39, 0.29) is 5.91 Å². The summed E-state index contributed by atoms with van der Waals surface area (Å²) in [5.41, 5.74) is 1.06. The second-order valence-electron chi connectivity index (χ2n) is 4.19. The predicted octanol–water partition coefficient (Wildman–Crippen LogP) is 1.15. The molecular formula is C13H19N3O3. The van der Waals surface area contributed by atoms with Crippen molar-refractivity contribution >= 4 is 12.2 Å². The molecule has 0 N–H and O–H groups in total. The molecular weight excluding hydrogens is 246 g/mol. The first kappa shape index (κ1) is 15.1. The molecule has 6 nitrogen and oxygen atoms in total. The minimum Gasteiger partial charge on any atom is -0.490 e. The van der Waals surface area contributed by atoms with Crippen molar-refractivity contribution in [3.8, 4) is 5.75 Å². The van der Waals surface area contributed by atoms with E-state index in [0.717, 1.165) is 5.56 Å². The van der Waals surface area contributed by atoms with Gasteiger partial charge in [-0.1, -0.05) is 0 Å². The third-order valence-corrected chi connectivity index (χ3v) is 2.22. The number of amides is 1. The van der Waals surface area contributed by atoms with E-state index >= 15 is 0 Å². The Hall–Kier alpha value is -1.95. The van der Waals surface area contributed by atoms with Crippen LogP contribution in [0.5, 0.6) is 5.75 Å². The van der Waals surface area contributed by atoms with Crippen molar-refractivity contribution in [1.82, 2.24) is 9.88 Å². The number of ether oxygens (including phenoxy) is 2. The minimum absolute atomic E-state index is 0.331. The largest absolute Gasteiger partial charge is 0.490 e. The van der Waals surface area contributed by atoms with Crippen molar-refractivity contribution in [3.63, 3.8) is 0 Å². The third-order valence-electron chi connectivity index (χ3n) is 2.22. The monoisotopic (exact) mass is 265 g/mol. The second kappa shape index (κ2) is 7.48. The fourth-order valence-electron chi connectivity index (χ4n) is 1.32. The zero-order chi connectivity index (χ0) is 14.3. The van der Waals surface area contributed by atoms with Gasteiger partial charge in [0.15, 0.2) is 0 Å². The van der Waals surface area contributed by atoms with Crippen LogP contribution >= 0.6 is 0 Å². The summed E-state index contributed by atoms with van der Waals surface area (Å²) < 4.78 is 10.3. The number of hydrogen-bond donors (Lipinski definition) is 0. The maximum absolute atomic E-state index is 11.8. The van der Waals surface area contributed by atoms with Gasteiger partial charge < -0.3 is 14.4 Å². The van der Waals surface area contributed by atoms with Crippen LogP contribution in [-0.2, 0) is 4.74 Å². The molecule has 0 bridgehead atoms. The lowest BCUT2D eigenvalue weighted by atomic mass is 10.2. The fourth-order valence-corrected chi connectivity index (χ4v) is 1.32. The molecule has 104 valence electrons. The Morgan fingerprint density at radius 1 is 1.47 bits per heavy atom. The zero-order valence-electron chi connectivity index (χ0n) is 11.7. The Bertz CT molecular complexity index is 458. The highest BCUT2D eigenvalue weighted by Crippen LogP contribution is 2.15. The van der Waals surface area contributed by atoms with E-state index in [4.69, 9.17) is 9.47 Å². The zero-order valence-corrected chi connectivity index (χ0v) is 11.7. The summed E-state index contributed by atoms with van der Waals surface area (Å²) in [5, 5.41) is 0. The molecule has 0 unspecified atom stereocenters. The first-order valence-electron chi connectivity index (χ1n) is 5.88. The summed E-state index contributed by atoms with van der Waals surface area (Å²) in [6.45, 7) is 2.76. The number of pyridine rings is 1. The number of hydrogen-bond acceptors (Lipinski definition) is 4. The van der Waals surface area contributed by atoms with Gasteiger partial charge in [-0.3, -0.25) is 4.79 Å². The Morgan fingerprint density at radius 3 is 2.79 bits per heavy atom. The molecule has 1 rings (SSSR count). The fraction of sp³-hybridized carbons (Fsp3) is 0.462. The first-order chi connectivity index (χ1) is 9.04. The Morgan fingerprint density at radius 2 is 2.21 bits per heavy atom. The molecule has 0 atom stereocenters. The lowest BCUT2D eigenvalue weighted by Gasteiger charge is -2.07. The normalized spacial score (nSPS) is 10.7. The van der Waals surface area contributed by atoms with Crippen LogP contribution in [0.2, 0.25) is 0 Å². The number of aromatic nitrogens is 1. The van der Waals surface area contributed by atoms with Crippen LogP contribution in [0, 0.1) is 6.92 Å². The molecule has 0 saturated carbocycles. The Labute approximate surface area is 113 Å². The average Bonchev–Trinajstić information content (AvgIpc) is 2.36. The topological polar surface area (TPSA) is 64.0 Å². The van der Waals surface area contributed by atoms with Crippen LogP contribution in [0.3, 0.4) is 0 Å². The summed E-state index contributed by atoms with van der Waals surface area (Å²) in [4.78, 5) is 21.4. The van der Waals surface area contributed by atoms with Gasteiger partial charge in [-0.2, -0.15) is 4.99 Å². The maximum atomic E-state index is 11.8. The quantitative estimate of drug-likeness (QED) is 0.438. The van der Waals surface area contributed by atoms with Gasteiger partial charge in [0.1, 0.15) is 18.1 Å². The lowest BCUT2D eigenvalue weighted by Crippen LogP contribution is -2.11. The lowest BCUT2D eigenvalue weighted by molar-refractivity contribution is 0.0996. The van der Waals surface area contributed by atoms with Crippen LogP contribution in [0.1, 0.15) is 16.1 Å². The van der Waals surface area contributed by atoms with Crippen LogP contribution < -0.4 is 4.74 Å². The van der Waals surface area contributed by atoms with Crippen molar-refractivity contribution in [2.24, 2.45) is 4.99 Å². The Kier molecular flexibility index (Phi) is 5.95. The van der Waals surface area contributed by atoms with Crippen LogP contribution in [-0.4, -0.2) is 56.5 Å². The van der Waals surface area contributed by atoms with E-state index in [2.05, 4.69) is 9.98 Å². The van der Waals surface area contributed by atoms with Crippen LogP contribution in [0.25, 0.3) is 0 Å². The molecule has 0 saturated heterocycles. The molecule has 1 aromatic rings. The van der Waals surface area contributed by atoms with Gasteiger partial charge in [0.05, 0.1) is 19.1 Å².